The lowest BCUT2D eigenvalue weighted by Gasteiger charge is -2.28. The molecule has 3 rings (SSSR count). The first-order chi connectivity index (χ1) is 16.2. The molecule has 2 aromatic heterocycles. The molecular formula is C24H33BrF2N4O2SSi. The number of nitrogens with zero attached hydrogens (tertiary/aromatic N) is 3. The molecule has 0 fully saturated rings. The number of ether oxygens (including phenoxy) is 1. The van der Waals surface area contributed by atoms with Gasteiger partial charge in [0, 0.05) is 42.0 Å². The third-order valence-electron chi connectivity index (χ3n) is 5.30. The minimum absolute atomic E-state index is 0.189. The summed E-state index contributed by atoms with van der Waals surface area (Å²) in [6, 6.07) is 5.75. The van der Waals surface area contributed by atoms with Crippen molar-refractivity contribution in [2.75, 3.05) is 6.61 Å². The van der Waals surface area contributed by atoms with Gasteiger partial charge in [-0.25, -0.2) is 18.4 Å². The quantitative estimate of drug-likeness (QED) is 0.176. The minimum Gasteiger partial charge on any atom is -0.598 e. The van der Waals surface area contributed by atoms with Gasteiger partial charge in [-0.15, -0.1) is 4.72 Å². The van der Waals surface area contributed by atoms with Crippen LogP contribution in [-0.2, 0) is 29.3 Å². The molecule has 0 amide bonds. The van der Waals surface area contributed by atoms with E-state index in [1.54, 1.807) is 10.9 Å². The van der Waals surface area contributed by atoms with Crippen molar-refractivity contribution in [3.63, 3.8) is 0 Å². The molecule has 0 aliphatic carbocycles. The topological polar surface area (TPSA) is 75.0 Å². The van der Waals surface area contributed by atoms with E-state index in [2.05, 4.69) is 45.4 Å². The van der Waals surface area contributed by atoms with E-state index in [-0.39, 0.29) is 13.2 Å². The number of pyridine rings is 1. The highest BCUT2D eigenvalue weighted by Gasteiger charge is 2.32. The lowest BCUT2D eigenvalue weighted by atomic mass is 10.0. The van der Waals surface area contributed by atoms with Crippen molar-refractivity contribution in [2.24, 2.45) is 0 Å². The maximum Gasteiger partial charge on any atom is 0.160 e. The van der Waals surface area contributed by atoms with Crippen LogP contribution in [-0.4, -0.2) is 38.7 Å². The van der Waals surface area contributed by atoms with Gasteiger partial charge in [0.15, 0.2) is 5.65 Å². The van der Waals surface area contributed by atoms with E-state index >= 15 is 0 Å². The fourth-order valence-corrected chi connectivity index (χ4v) is 5.50. The van der Waals surface area contributed by atoms with Gasteiger partial charge >= 0.3 is 0 Å². The van der Waals surface area contributed by atoms with Gasteiger partial charge in [0.05, 0.1) is 17.9 Å². The standard InChI is InChI=1S/C24H33BrF2N4O2SSi/c1-24(2,3)34(32)30-21(11-16-9-18(26)13-19(27)10-16)22-20(25)12-17-14-28-31(23(17)29-22)15-33-7-8-35(4,5)6/h9-10,12-14,21,30H,7-8,11,15H2,1-6H3. The van der Waals surface area contributed by atoms with Crippen molar-refractivity contribution >= 4 is 46.4 Å². The average molecular weight is 588 g/mol. The molecule has 2 heterocycles. The number of aromatic nitrogens is 3. The predicted molar refractivity (Wildman–Crippen MR) is 143 cm³/mol. The molecule has 2 unspecified atom stereocenters. The molecule has 192 valence electrons. The molecule has 11 heteroatoms. The fourth-order valence-electron chi connectivity index (χ4n) is 3.33. The second-order valence-corrected chi connectivity index (χ2v) is 19.3. The number of nitrogens with one attached hydrogen (secondary N) is 1. The molecule has 0 aliphatic rings. The number of benzene rings is 1. The summed E-state index contributed by atoms with van der Waals surface area (Å²) in [7, 11) is -1.21. The molecule has 0 bridgehead atoms. The van der Waals surface area contributed by atoms with Crippen LogP contribution in [0.25, 0.3) is 11.0 Å². The van der Waals surface area contributed by atoms with Crippen LogP contribution in [0.3, 0.4) is 0 Å². The Morgan fingerprint density at radius 1 is 1.17 bits per heavy atom. The molecular weight excluding hydrogens is 554 g/mol. The van der Waals surface area contributed by atoms with Gasteiger partial charge in [-0.05, 0) is 72.9 Å². The summed E-state index contributed by atoms with van der Waals surface area (Å²) in [6.07, 6.45) is 1.91. The summed E-state index contributed by atoms with van der Waals surface area (Å²) in [5.74, 6) is -1.32. The Morgan fingerprint density at radius 2 is 1.83 bits per heavy atom. The van der Waals surface area contributed by atoms with Crippen LogP contribution in [0.2, 0.25) is 25.7 Å². The van der Waals surface area contributed by atoms with Crippen LogP contribution < -0.4 is 4.72 Å². The summed E-state index contributed by atoms with van der Waals surface area (Å²) in [4.78, 5) is 4.84. The van der Waals surface area contributed by atoms with Crippen molar-refractivity contribution in [1.29, 1.82) is 0 Å². The van der Waals surface area contributed by atoms with E-state index in [9.17, 15) is 13.3 Å². The molecule has 0 saturated heterocycles. The summed E-state index contributed by atoms with van der Waals surface area (Å²) in [5, 5.41) is 5.24. The third-order valence-corrected chi connectivity index (χ3v) is 9.25. The smallest absolute Gasteiger partial charge is 0.160 e. The Balaban J connectivity index is 1.94. The van der Waals surface area contributed by atoms with Crippen molar-refractivity contribution in [3.05, 3.63) is 57.8 Å². The molecule has 35 heavy (non-hydrogen) atoms. The van der Waals surface area contributed by atoms with Crippen molar-refractivity contribution < 1.29 is 18.1 Å². The molecule has 3 aromatic rings. The van der Waals surface area contributed by atoms with Crippen molar-refractivity contribution in [2.45, 2.75) is 70.4 Å². The maximum absolute atomic E-state index is 13.9. The van der Waals surface area contributed by atoms with E-state index in [1.807, 2.05) is 26.8 Å². The van der Waals surface area contributed by atoms with E-state index in [4.69, 9.17) is 9.72 Å². The second kappa shape index (κ2) is 11.3. The van der Waals surface area contributed by atoms with E-state index in [0.29, 0.717) is 28.0 Å². The zero-order valence-corrected chi connectivity index (χ0v) is 24.4. The number of rotatable bonds is 10. The monoisotopic (exact) mass is 586 g/mol. The number of hydrogen-bond acceptors (Lipinski definition) is 5. The predicted octanol–water partition coefficient (Wildman–Crippen LogP) is 6.12. The number of hydrogen-bond donors (Lipinski definition) is 1. The van der Waals surface area contributed by atoms with Crippen LogP contribution in [0, 0.1) is 11.6 Å². The molecule has 0 aliphatic heterocycles. The molecule has 1 N–H and O–H groups in total. The zero-order chi connectivity index (χ0) is 26.0. The number of fused-ring (bicyclic) bond motifs is 1. The Bertz CT molecular complexity index is 1150. The lowest BCUT2D eigenvalue weighted by Crippen LogP contribution is -2.42. The highest BCUT2D eigenvalue weighted by molar-refractivity contribution is 9.10. The first kappa shape index (κ1) is 28.2. The van der Waals surface area contributed by atoms with Crippen LogP contribution in [0.5, 0.6) is 0 Å². The van der Waals surface area contributed by atoms with E-state index < -0.39 is 41.9 Å². The van der Waals surface area contributed by atoms with Crippen molar-refractivity contribution in [1.82, 2.24) is 19.5 Å². The molecule has 0 spiro atoms. The van der Waals surface area contributed by atoms with Crippen LogP contribution in [0.15, 0.2) is 34.9 Å². The molecule has 0 radical (unpaired) electrons. The Labute approximate surface area is 218 Å². The first-order valence-electron chi connectivity index (χ1n) is 11.5. The lowest BCUT2D eigenvalue weighted by molar-refractivity contribution is 0.0812. The van der Waals surface area contributed by atoms with Crippen LogP contribution in [0.4, 0.5) is 8.78 Å². The van der Waals surface area contributed by atoms with Gasteiger partial charge in [0.2, 0.25) is 0 Å². The van der Waals surface area contributed by atoms with Gasteiger partial charge in [-0.1, -0.05) is 19.6 Å². The minimum atomic E-state index is -1.45. The van der Waals surface area contributed by atoms with Crippen LogP contribution >= 0.6 is 15.9 Å². The maximum atomic E-state index is 13.9. The Kier molecular flexibility index (Phi) is 9.14. The average Bonchev–Trinajstić information content (AvgIpc) is 3.09. The molecule has 1 aromatic carbocycles. The summed E-state index contributed by atoms with van der Waals surface area (Å²) in [6.45, 7) is 13.4. The second-order valence-electron chi connectivity index (χ2n) is 10.8. The van der Waals surface area contributed by atoms with Gasteiger partial charge in [-0.3, -0.25) is 0 Å². The molecule has 0 saturated carbocycles. The highest BCUT2D eigenvalue weighted by Crippen LogP contribution is 2.30. The Hall–Kier alpha value is -1.37. The fraction of sp³-hybridized carbons (Fsp3) is 0.500. The van der Waals surface area contributed by atoms with Crippen LogP contribution in [0.1, 0.15) is 38.1 Å². The first-order valence-corrected chi connectivity index (χ1v) is 17.1. The SMILES string of the molecule is CC(C)(C)[S+]([O-])NC(Cc1cc(F)cc(F)c1)c1nc2c(cnn2COCC[Si](C)(C)C)cc1Br. The molecule has 6 nitrogen and oxygen atoms in total. The van der Waals surface area contributed by atoms with Gasteiger partial charge in [-0.2, -0.15) is 5.10 Å². The third kappa shape index (κ3) is 8.06. The van der Waals surface area contributed by atoms with E-state index in [0.717, 1.165) is 17.5 Å². The summed E-state index contributed by atoms with van der Waals surface area (Å²) < 4.78 is 51.6. The summed E-state index contributed by atoms with van der Waals surface area (Å²) in [5.41, 5.74) is 1.63. The van der Waals surface area contributed by atoms with Gasteiger partial charge < -0.3 is 9.29 Å². The van der Waals surface area contributed by atoms with Crippen molar-refractivity contribution in [3.8, 4) is 0 Å². The number of halogens is 3. The zero-order valence-electron chi connectivity index (χ0n) is 21.0. The Morgan fingerprint density at radius 3 is 2.43 bits per heavy atom. The normalized spacial score (nSPS) is 14.5. The van der Waals surface area contributed by atoms with Gasteiger partial charge in [0.1, 0.15) is 23.1 Å². The largest absolute Gasteiger partial charge is 0.598 e. The van der Waals surface area contributed by atoms with Gasteiger partial charge in [0.25, 0.3) is 0 Å². The summed E-state index contributed by atoms with van der Waals surface area (Å²) >= 11 is 2.14. The highest BCUT2D eigenvalue weighted by atomic mass is 79.9. The molecule has 2 atom stereocenters. The van der Waals surface area contributed by atoms with E-state index in [1.165, 1.54) is 12.1 Å².